The predicted octanol–water partition coefficient (Wildman–Crippen LogP) is 3.29. The molecule has 4 rings (SSSR count). The summed E-state index contributed by atoms with van der Waals surface area (Å²) in [4.78, 5) is 11.7. The number of methoxy groups -OCH3 is 1. The molecule has 0 spiro atoms. The van der Waals surface area contributed by atoms with Gasteiger partial charge in [-0.15, -0.1) is 0 Å². The van der Waals surface area contributed by atoms with Gasteiger partial charge in [0, 0.05) is 11.1 Å². The van der Waals surface area contributed by atoms with Crippen LogP contribution in [0, 0.1) is 0 Å². The summed E-state index contributed by atoms with van der Waals surface area (Å²) in [6.07, 6.45) is 1.66. The standard InChI is InChI=1S/C16H12N4O2/c1-21-12-5-2-10(3-6-12)16-19-15(20-22-16)11-4-7-13-14(8-11)18-9-17-13/h2-9H,1H3,(H,17,18). The minimum absolute atomic E-state index is 0.474. The highest BCUT2D eigenvalue weighted by Gasteiger charge is 2.11. The zero-order valence-corrected chi connectivity index (χ0v) is 11.8. The van der Waals surface area contributed by atoms with Gasteiger partial charge in [-0.3, -0.25) is 0 Å². The lowest BCUT2D eigenvalue weighted by Gasteiger charge is -1.98. The topological polar surface area (TPSA) is 76.8 Å². The molecule has 0 unspecified atom stereocenters. The summed E-state index contributed by atoms with van der Waals surface area (Å²) in [5, 5.41) is 4.04. The lowest BCUT2D eigenvalue weighted by molar-refractivity contribution is 0.414. The molecule has 0 aliphatic carbocycles. The molecule has 1 N–H and O–H groups in total. The molecule has 108 valence electrons. The van der Waals surface area contributed by atoms with Crippen LogP contribution in [0.1, 0.15) is 0 Å². The van der Waals surface area contributed by atoms with Crippen molar-refractivity contribution >= 4 is 11.0 Å². The van der Waals surface area contributed by atoms with Gasteiger partial charge in [0.05, 0.1) is 24.5 Å². The number of aromatic amines is 1. The Hall–Kier alpha value is -3.15. The summed E-state index contributed by atoms with van der Waals surface area (Å²) in [6.45, 7) is 0. The van der Waals surface area contributed by atoms with Gasteiger partial charge in [-0.05, 0) is 42.5 Å². The fraction of sp³-hybridized carbons (Fsp3) is 0.0625. The predicted molar refractivity (Wildman–Crippen MR) is 81.4 cm³/mol. The Balaban J connectivity index is 1.70. The first kappa shape index (κ1) is 12.6. The van der Waals surface area contributed by atoms with Crippen LogP contribution in [0.5, 0.6) is 5.75 Å². The number of fused-ring (bicyclic) bond motifs is 1. The van der Waals surface area contributed by atoms with E-state index in [9.17, 15) is 0 Å². The van der Waals surface area contributed by atoms with Crippen LogP contribution >= 0.6 is 0 Å². The fourth-order valence-electron chi connectivity index (χ4n) is 2.27. The van der Waals surface area contributed by atoms with Gasteiger partial charge in [-0.2, -0.15) is 4.98 Å². The van der Waals surface area contributed by atoms with Gasteiger partial charge >= 0.3 is 0 Å². The summed E-state index contributed by atoms with van der Waals surface area (Å²) in [5.74, 6) is 1.80. The Kier molecular flexibility index (Phi) is 2.86. The number of nitrogens with one attached hydrogen (secondary N) is 1. The third-order valence-corrected chi connectivity index (χ3v) is 3.44. The van der Waals surface area contributed by atoms with Crippen LogP contribution in [-0.4, -0.2) is 27.2 Å². The molecule has 0 aliphatic heterocycles. The Morgan fingerprint density at radius 3 is 2.68 bits per heavy atom. The van der Waals surface area contributed by atoms with Crippen LogP contribution in [0.25, 0.3) is 33.9 Å². The van der Waals surface area contributed by atoms with E-state index in [4.69, 9.17) is 9.26 Å². The van der Waals surface area contributed by atoms with Crippen molar-refractivity contribution in [2.75, 3.05) is 7.11 Å². The number of hydrogen-bond donors (Lipinski definition) is 1. The quantitative estimate of drug-likeness (QED) is 0.627. The van der Waals surface area contributed by atoms with E-state index in [1.807, 2.05) is 42.5 Å². The minimum Gasteiger partial charge on any atom is -0.497 e. The van der Waals surface area contributed by atoms with Gasteiger partial charge < -0.3 is 14.2 Å². The zero-order valence-electron chi connectivity index (χ0n) is 11.8. The van der Waals surface area contributed by atoms with Gasteiger partial charge in [-0.1, -0.05) is 5.16 Å². The van der Waals surface area contributed by atoms with E-state index in [1.165, 1.54) is 0 Å². The van der Waals surface area contributed by atoms with Crippen molar-refractivity contribution in [2.45, 2.75) is 0 Å². The first-order chi connectivity index (χ1) is 10.8. The molecule has 0 saturated heterocycles. The second kappa shape index (κ2) is 5.00. The third-order valence-electron chi connectivity index (χ3n) is 3.44. The number of ether oxygens (including phenoxy) is 1. The van der Waals surface area contributed by atoms with E-state index in [1.54, 1.807) is 13.4 Å². The normalized spacial score (nSPS) is 11.0. The smallest absolute Gasteiger partial charge is 0.258 e. The highest BCUT2D eigenvalue weighted by molar-refractivity contribution is 5.80. The van der Waals surface area contributed by atoms with E-state index in [0.717, 1.165) is 27.9 Å². The lowest BCUT2D eigenvalue weighted by Crippen LogP contribution is -1.83. The first-order valence-electron chi connectivity index (χ1n) is 6.75. The molecule has 0 bridgehead atoms. The average Bonchev–Trinajstić information content (AvgIpc) is 3.23. The maximum atomic E-state index is 5.34. The summed E-state index contributed by atoms with van der Waals surface area (Å²) < 4.78 is 10.5. The second-order valence-corrected chi connectivity index (χ2v) is 4.79. The molecule has 2 aromatic carbocycles. The van der Waals surface area contributed by atoms with Crippen LogP contribution in [-0.2, 0) is 0 Å². The molecule has 0 amide bonds. The first-order valence-corrected chi connectivity index (χ1v) is 6.75. The highest BCUT2D eigenvalue weighted by Crippen LogP contribution is 2.25. The maximum absolute atomic E-state index is 5.34. The number of nitrogens with zero attached hydrogens (tertiary/aromatic N) is 3. The monoisotopic (exact) mass is 292 g/mol. The summed E-state index contributed by atoms with van der Waals surface area (Å²) >= 11 is 0. The number of hydrogen-bond acceptors (Lipinski definition) is 5. The molecule has 0 radical (unpaired) electrons. The van der Waals surface area contributed by atoms with Gasteiger partial charge in [0.25, 0.3) is 5.89 Å². The second-order valence-electron chi connectivity index (χ2n) is 4.79. The molecule has 4 aromatic rings. The molecule has 22 heavy (non-hydrogen) atoms. The van der Waals surface area contributed by atoms with Gasteiger partial charge in [0.2, 0.25) is 5.82 Å². The Labute approximate surface area is 125 Å². The molecule has 0 aliphatic rings. The minimum atomic E-state index is 0.474. The summed E-state index contributed by atoms with van der Waals surface area (Å²) in [7, 11) is 1.63. The van der Waals surface area contributed by atoms with Gasteiger partial charge in [0.15, 0.2) is 0 Å². The molecule has 0 fully saturated rings. The number of rotatable bonds is 3. The van der Waals surface area contributed by atoms with Crippen LogP contribution in [0.3, 0.4) is 0 Å². The molecule has 0 saturated carbocycles. The number of imidazole rings is 1. The van der Waals surface area contributed by atoms with Crippen molar-refractivity contribution in [1.29, 1.82) is 0 Å². The number of benzene rings is 2. The molecule has 2 heterocycles. The third kappa shape index (κ3) is 2.10. The molecule has 6 heteroatoms. The SMILES string of the molecule is COc1ccc(-c2nc(-c3ccc4nc[nH]c4c3)no2)cc1. The van der Waals surface area contributed by atoms with Crippen molar-refractivity contribution in [3.8, 4) is 28.6 Å². The fourth-order valence-corrected chi connectivity index (χ4v) is 2.27. The number of H-pyrrole nitrogens is 1. The zero-order chi connectivity index (χ0) is 14.9. The van der Waals surface area contributed by atoms with Crippen LogP contribution in [0.15, 0.2) is 53.3 Å². The van der Waals surface area contributed by atoms with E-state index in [-0.39, 0.29) is 0 Å². The molecule has 2 aromatic heterocycles. The largest absolute Gasteiger partial charge is 0.497 e. The Morgan fingerprint density at radius 1 is 1.05 bits per heavy atom. The summed E-state index contributed by atoms with van der Waals surface area (Å²) in [5.41, 5.74) is 3.57. The van der Waals surface area contributed by atoms with E-state index >= 15 is 0 Å². The van der Waals surface area contributed by atoms with E-state index in [0.29, 0.717) is 11.7 Å². The van der Waals surface area contributed by atoms with Crippen molar-refractivity contribution in [3.05, 3.63) is 48.8 Å². The Morgan fingerprint density at radius 2 is 1.86 bits per heavy atom. The average molecular weight is 292 g/mol. The summed E-state index contributed by atoms with van der Waals surface area (Å²) in [6, 6.07) is 13.3. The Bertz CT molecular complexity index is 925. The maximum Gasteiger partial charge on any atom is 0.258 e. The van der Waals surface area contributed by atoms with Crippen molar-refractivity contribution < 1.29 is 9.26 Å². The molecular weight excluding hydrogens is 280 g/mol. The van der Waals surface area contributed by atoms with Crippen molar-refractivity contribution in [1.82, 2.24) is 20.1 Å². The lowest BCUT2D eigenvalue weighted by atomic mass is 10.2. The highest BCUT2D eigenvalue weighted by atomic mass is 16.5. The molecular formula is C16H12N4O2. The van der Waals surface area contributed by atoms with Crippen LogP contribution in [0.2, 0.25) is 0 Å². The van der Waals surface area contributed by atoms with E-state index in [2.05, 4.69) is 20.1 Å². The van der Waals surface area contributed by atoms with Crippen LogP contribution in [0.4, 0.5) is 0 Å². The van der Waals surface area contributed by atoms with E-state index < -0.39 is 0 Å². The molecule has 0 atom stereocenters. The number of aromatic nitrogens is 4. The van der Waals surface area contributed by atoms with Crippen molar-refractivity contribution in [2.24, 2.45) is 0 Å². The van der Waals surface area contributed by atoms with Crippen molar-refractivity contribution in [3.63, 3.8) is 0 Å². The molecule has 6 nitrogen and oxygen atoms in total. The van der Waals surface area contributed by atoms with Crippen LogP contribution < -0.4 is 4.74 Å². The van der Waals surface area contributed by atoms with Gasteiger partial charge in [0.1, 0.15) is 5.75 Å². The van der Waals surface area contributed by atoms with Gasteiger partial charge in [-0.25, -0.2) is 4.98 Å².